The molecule has 3 N–H and O–H groups in total. The molecule has 248 valence electrons. The van der Waals surface area contributed by atoms with E-state index < -0.39 is 12.1 Å². The van der Waals surface area contributed by atoms with E-state index in [0.717, 1.165) is 54.4 Å². The normalized spacial score (nSPS) is 20.8. The van der Waals surface area contributed by atoms with Crippen molar-refractivity contribution in [3.63, 3.8) is 0 Å². The SMILES string of the molecule is CC(=O)NC(c1ccccc1)C1(N2CCN(C(=O)C(Cc3ccc(Cl)cc3)NC(=O)C3NCCc4ccccc43)CC2)CCCCC1. The fraction of sp³-hybridized carbons (Fsp3) is 0.447. The molecule has 2 fully saturated rings. The number of carbonyl (C=O) groups is 3. The highest BCUT2D eigenvalue weighted by molar-refractivity contribution is 6.30. The molecule has 0 bridgehead atoms. The summed E-state index contributed by atoms with van der Waals surface area (Å²) in [6, 6.07) is 24.4. The van der Waals surface area contributed by atoms with Crippen LogP contribution in [0.2, 0.25) is 5.02 Å². The lowest BCUT2D eigenvalue weighted by atomic mass is 9.72. The number of hydrogen-bond donors (Lipinski definition) is 3. The molecule has 3 aromatic carbocycles. The molecule has 1 saturated heterocycles. The van der Waals surface area contributed by atoms with E-state index in [1.807, 2.05) is 65.6 Å². The Hall–Kier alpha value is -3.72. The maximum atomic E-state index is 14.3. The Morgan fingerprint density at radius 3 is 2.26 bits per heavy atom. The fourth-order valence-corrected chi connectivity index (χ4v) is 8.10. The third-order valence-electron chi connectivity index (χ3n) is 10.3. The number of carbonyl (C=O) groups excluding carboxylic acids is 3. The van der Waals surface area contributed by atoms with Gasteiger partial charge in [0.1, 0.15) is 12.1 Å². The zero-order chi connectivity index (χ0) is 32.8. The van der Waals surface area contributed by atoms with Gasteiger partial charge in [-0.3, -0.25) is 19.3 Å². The minimum Gasteiger partial charge on any atom is -0.348 e. The number of hydrogen-bond acceptors (Lipinski definition) is 5. The van der Waals surface area contributed by atoms with E-state index >= 15 is 0 Å². The van der Waals surface area contributed by atoms with Crippen LogP contribution in [0.15, 0.2) is 78.9 Å². The van der Waals surface area contributed by atoms with Gasteiger partial charge < -0.3 is 20.9 Å². The molecule has 2 heterocycles. The van der Waals surface area contributed by atoms with Crippen molar-refractivity contribution in [2.45, 2.75) is 75.5 Å². The first-order valence-corrected chi connectivity index (χ1v) is 17.4. The summed E-state index contributed by atoms with van der Waals surface area (Å²) < 4.78 is 0. The molecule has 3 unspecified atom stereocenters. The molecule has 3 amide bonds. The Labute approximate surface area is 283 Å². The van der Waals surface area contributed by atoms with Crippen molar-refractivity contribution in [3.05, 3.63) is 106 Å². The van der Waals surface area contributed by atoms with Crippen molar-refractivity contribution in [1.82, 2.24) is 25.8 Å². The largest absolute Gasteiger partial charge is 0.348 e. The molecule has 3 aromatic rings. The van der Waals surface area contributed by atoms with Crippen LogP contribution in [0.5, 0.6) is 0 Å². The number of nitrogens with zero attached hydrogens (tertiary/aromatic N) is 2. The van der Waals surface area contributed by atoms with Gasteiger partial charge >= 0.3 is 0 Å². The van der Waals surface area contributed by atoms with Crippen molar-refractivity contribution in [3.8, 4) is 0 Å². The van der Waals surface area contributed by atoms with Gasteiger partial charge in [0.05, 0.1) is 6.04 Å². The highest BCUT2D eigenvalue weighted by Gasteiger charge is 2.47. The molecule has 8 nitrogen and oxygen atoms in total. The Bertz CT molecular complexity index is 1530. The topological polar surface area (TPSA) is 93.8 Å². The first kappa shape index (κ1) is 33.2. The van der Waals surface area contributed by atoms with Crippen LogP contribution >= 0.6 is 11.6 Å². The van der Waals surface area contributed by atoms with Crippen molar-refractivity contribution in [2.24, 2.45) is 0 Å². The maximum absolute atomic E-state index is 14.3. The van der Waals surface area contributed by atoms with E-state index in [1.165, 1.54) is 6.42 Å². The lowest BCUT2D eigenvalue weighted by Gasteiger charge is -2.54. The van der Waals surface area contributed by atoms with Crippen molar-refractivity contribution >= 4 is 29.3 Å². The molecule has 0 spiro atoms. The second-order valence-electron chi connectivity index (χ2n) is 13.2. The second kappa shape index (κ2) is 15.0. The Morgan fingerprint density at radius 2 is 1.55 bits per heavy atom. The monoisotopic (exact) mass is 655 g/mol. The zero-order valence-corrected chi connectivity index (χ0v) is 28.0. The number of rotatable bonds is 9. The summed E-state index contributed by atoms with van der Waals surface area (Å²) in [5, 5.41) is 10.5. The average molecular weight is 656 g/mol. The first-order chi connectivity index (χ1) is 22.8. The molecule has 3 aliphatic rings. The van der Waals surface area contributed by atoms with Crippen LogP contribution in [0.1, 0.15) is 73.4 Å². The molecule has 0 aromatic heterocycles. The van der Waals surface area contributed by atoms with E-state index in [-0.39, 0.29) is 29.3 Å². The summed E-state index contributed by atoms with van der Waals surface area (Å²) in [6.07, 6.45) is 6.63. The van der Waals surface area contributed by atoms with Gasteiger partial charge in [-0.05, 0) is 53.6 Å². The van der Waals surface area contributed by atoms with Gasteiger partial charge in [0.25, 0.3) is 0 Å². The summed E-state index contributed by atoms with van der Waals surface area (Å²) >= 11 is 6.16. The molecule has 6 rings (SSSR count). The minimum atomic E-state index is -0.716. The van der Waals surface area contributed by atoms with Gasteiger partial charge in [-0.25, -0.2) is 0 Å². The van der Waals surface area contributed by atoms with E-state index in [9.17, 15) is 14.4 Å². The molecule has 47 heavy (non-hydrogen) atoms. The molecule has 1 saturated carbocycles. The number of nitrogens with one attached hydrogen (secondary N) is 3. The average Bonchev–Trinajstić information content (AvgIpc) is 3.11. The van der Waals surface area contributed by atoms with Crippen LogP contribution in [0.25, 0.3) is 0 Å². The molecule has 0 radical (unpaired) electrons. The predicted octanol–water partition coefficient (Wildman–Crippen LogP) is 4.98. The number of benzene rings is 3. The predicted molar refractivity (Wildman–Crippen MR) is 185 cm³/mol. The Kier molecular flexibility index (Phi) is 10.6. The van der Waals surface area contributed by atoms with Crippen LogP contribution in [0.4, 0.5) is 0 Å². The van der Waals surface area contributed by atoms with Crippen LogP contribution < -0.4 is 16.0 Å². The third-order valence-corrected chi connectivity index (χ3v) is 10.5. The lowest BCUT2D eigenvalue weighted by molar-refractivity contribution is -0.140. The van der Waals surface area contributed by atoms with Crippen LogP contribution in [-0.2, 0) is 27.2 Å². The van der Waals surface area contributed by atoms with Crippen molar-refractivity contribution in [1.29, 1.82) is 0 Å². The molecule has 9 heteroatoms. The van der Waals surface area contributed by atoms with Crippen LogP contribution in [-0.4, -0.2) is 71.8 Å². The molecular formula is C38H46ClN5O3. The Balaban J connectivity index is 1.21. The fourth-order valence-electron chi connectivity index (χ4n) is 7.97. The molecule has 3 atom stereocenters. The summed E-state index contributed by atoms with van der Waals surface area (Å²) in [5.74, 6) is -0.296. The quantitative estimate of drug-likeness (QED) is 0.303. The van der Waals surface area contributed by atoms with E-state index in [2.05, 4.69) is 39.0 Å². The van der Waals surface area contributed by atoms with Crippen LogP contribution in [0, 0.1) is 0 Å². The van der Waals surface area contributed by atoms with Gasteiger partial charge in [-0.1, -0.05) is 97.6 Å². The second-order valence-corrected chi connectivity index (χ2v) is 13.7. The van der Waals surface area contributed by atoms with Gasteiger partial charge in [0.2, 0.25) is 17.7 Å². The van der Waals surface area contributed by atoms with E-state index in [0.29, 0.717) is 44.2 Å². The molecule has 1 aliphatic carbocycles. The van der Waals surface area contributed by atoms with Crippen molar-refractivity contribution < 1.29 is 14.4 Å². The maximum Gasteiger partial charge on any atom is 0.245 e. The summed E-state index contributed by atoms with van der Waals surface area (Å²) in [7, 11) is 0. The number of amides is 3. The smallest absolute Gasteiger partial charge is 0.245 e. The van der Waals surface area contributed by atoms with E-state index in [4.69, 9.17) is 11.6 Å². The number of halogens is 1. The third kappa shape index (κ3) is 7.56. The zero-order valence-electron chi connectivity index (χ0n) is 27.2. The number of fused-ring (bicyclic) bond motifs is 1. The Morgan fingerprint density at radius 1 is 0.872 bits per heavy atom. The lowest BCUT2D eigenvalue weighted by Crippen LogP contribution is -2.64. The molecule has 2 aliphatic heterocycles. The molecular weight excluding hydrogens is 610 g/mol. The van der Waals surface area contributed by atoms with Crippen molar-refractivity contribution in [2.75, 3.05) is 32.7 Å². The first-order valence-electron chi connectivity index (χ1n) is 17.1. The number of piperazine rings is 1. The standard InChI is InChI=1S/C38H46ClN5O3/c1-27(45)41-35(30-11-4-2-5-12-30)38(19-8-3-9-20-38)44-24-22-43(23-25-44)37(47)33(26-28-14-16-31(39)17-15-28)42-36(46)34-32-13-7-6-10-29(32)18-21-40-34/h2,4-7,10-17,33-35,40H,3,8-9,18-26H2,1H3,(H,41,45)(H,42,46). The summed E-state index contributed by atoms with van der Waals surface area (Å²) in [5.41, 5.74) is 3.95. The van der Waals surface area contributed by atoms with Gasteiger partial charge in [0, 0.05) is 56.6 Å². The van der Waals surface area contributed by atoms with E-state index in [1.54, 1.807) is 6.92 Å². The van der Waals surface area contributed by atoms with Gasteiger partial charge in [-0.15, -0.1) is 0 Å². The highest BCUT2D eigenvalue weighted by atomic mass is 35.5. The highest BCUT2D eigenvalue weighted by Crippen LogP contribution is 2.43. The van der Waals surface area contributed by atoms with Gasteiger partial charge in [0.15, 0.2) is 0 Å². The van der Waals surface area contributed by atoms with Gasteiger partial charge in [-0.2, -0.15) is 0 Å². The summed E-state index contributed by atoms with van der Waals surface area (Å²) in [6.45, 7) is 4.82. The summed E-state index contributed by atoms with van der Waals surface area (Å²) in [4.78, 5) is 45.0. The minimum absolute atomic E-state index is 0.0338. The van der Waals surface area contributed by atoms with Crippen LogP contribution in [0.3, 0.4) is 0 Å².